The molecule has 0 atom stereocenters. The first kappa shape index (κ1) is 13.5. The van der Waals surface area contributed by atoms with E-state index in [2.05, 4.69) is 25.9 Å². The number of aromatic amines is 1. The Hall–Kier alpha value is -2.47. The van der Waals surface area contributed by atoms with Gasteiger partial charge in [-0.2, -0.15) is 5.21 Å². The van der Waals surface area contributed by atoms with Crippen molar-refractivity contribution in [3.05, 3.63) is 58.9 Å². The second kappa shape index (κ2) is 5.88. The Bertz CT molecular complexity index is 745. The highest BCUT2D eigenvalue weighted by Gasteiger charge is 2.05. The lowest BCUT2D eigenvalue weighted by Crippen LogP contribution is -2.00. The van der Waals surface area contributed by atoms with Gasteiger partial charge in [-0.3, -0.25) is 0 Å². The van der Waals surface area contributed by atoms with Gasteiger partial charge in [0.2, 0.25) is 5.82 Å². The van der Waals surface area contributed by atoms with Gasteiger partial charge in [0.1, 0.15) is 5.82 Å². The van der Waals surface area contributed by atoms with Gasteiger partial charge in [-0.15, -0.1) is 10.2 Å². The normalized spacial score (nSPS) is 10.6. The second-order valence-electron chi connectivity index (χ2n) is 4.41. The summed E-state index contributed by atoms with van der Waals surface area (Å²) >= 11 is 6.00. The standard InChI is InChI=1S/C14H11ClFN5/c15-13-7-11(16)5-4-10(13)8-17-12-3-1-2-9(6-12)14-18-20-21-19-14/h1-7,17H,8H2,(H,18,19,20,21). The molecular weight excluding hydrogens is 293 g/mol. The number of H-pyrrole nitrogens is 1. The molecule has 1 aromatic heterocycles. The number of hydrogen-bond acceptors (Lipinski definition) is 4. The van der Waals surface area contributed by atoms with Crippen LogP contribution in [0.25, 0.3) is 11.4 Å². The van der Waals surface area contributed by atoms with Crippen LogP contribution in [0.3, 0.4) is 0 Å². The van der Waals surface area contributed by atoms with Crippen molar-refractivity contribution in [3.63, 3.8) is 0 Å². The molecule has 2 N–H and O–H groups in total. The molecule has 0 aliphatic heterocycles. The zero-order valence-corrected chi connectivity index (χ0v) is 11.6. The minimum atomic E-state index is -0.345. The van der Waals surface area contributed by atoms with Crippen LogP contribution in [0.2, 0.25) is 5.02 Å². The van der Waals surface area contributed by atoms with Crippen LogP contribution in [0, 0.1) is 5.82 Å². The molecule has 1 heterocycles. The van der Waals surface area contributed by atoms with Crippen LogP contribution in [0.5, 0.6) is 0 Å². The number of halogens is 2. The second-order valence-corrected chi connectivity index (χ2v) is 4.81. The van der Waals surface area contributed by atoms with Crippen molar-refractivity contribution < 1.29 is 4.39 Å². The van der Waals surface area contributed by atoms with Crippen molar-refractivity contribution in [1.82, 2.24) is 20.6 Å². The maximum absolute atomic E-state index is 13.0. The zero-order chi connectivity index (χ0) is 14.7. The van der Waals surface area contributed by atoms with Gasteiger partial charge in [0.25, 0.3) is 0 Å². The van der Waals surface area contributed by atoms with Crippen LogP contribution in [0.4, 0.5) is 10.1 Å². The van der Waals surface area contributed by atoms with Crippen LogP contribution in [-0.2, 0) is 6.54 Å². The number of benzene rings is 2. The summed E-state index contributed by atoms with van der Waals surface area (Å²) < 4.78 is 13.0. The SMILES string of the molecule is Fc1ccc(CNc2cccc(-c3nn[nH]n3)c2)c(Cl)c1. The molecule has 106 valence electrons. The van der Waals surface area contributed by atoms with E-state index in [0.29, 0.717) is 17.4 Å². The molecule has 0 aliphatic carbocycles. The molecule has 0 amide bonds. The van der Waals surface area contributed by atoms with E-state index in [-0.39, 0.29) is 5.82 Å². The molecular formula is C14H11ClFN5. The zero-order valence-electron chi connectivity index (χ0n) is 10.8. The number of nitrogens with zero attached hydrogens (tertiary/aromatic N) is 3. The monoisotopic (exact) mass is 303 g/mol. The van der Waals surface area contributed by atoms with Crippen molar-refractivity contribution in [1.29, 1.82) is 0 Å². The van der Waals surface area contributed by atoms with Crippen LogP contribution in [-0.4, -0.2) is 20.6 Å². The number of anilines is 1. The van der Waals surface area contributed by atoms with Crippen molar-refractivity contribution in [2.75, 3.05) is 5.32 Å². The molecule has 21 heavy (non-hydrogen) atoms. The highest BCUT2D eigenvalue weighted by molar-refractivity contribution is 6.31. The number of tetrazole rings is 1. The summed E-state index contributed by atoms with van der Waals surface area (Å²) in [6.45, 7) is 0.495. The molecule has 0 aliphatic rings. The summed E-state index contributed by atoms with van der Waals surface area (Å²) in [5.74, 6) is 0.182. The van der Waals surface area contributed by atoms with Gasteiger partial charge < -0.3 is 5.32 Å². The van der Waals surface area contributed by atoms with Crippen molar-refractivity contribution >= 4 is 17.3 Å². The Labute approximate surface area is 125 Å². The summed E-state index contributed by atoms with van der Waals surface area (Å²) in [6, 6.07) is 11.9. The van der Waals surface area contributed by atoms with Crippen LogP contribution < -0.4 is 5.32 Å². The topological polar surface area (TPSA) is 66.5 Å². The van der Waals surface area contributed by atoms with Gasteiger partial charge in [-0.25, -0.2) is 4.39 Å². The van der Waals surface area contributed by atoms with E-state index in [1.807, 2.05) is 24.3 Å². The average Bonchev–Trinajstić information content (AvgIpc) is 3.01. The lowest BCUT2D eigenvalue weighted by molar-refractivity contribution is 0.627. The van der Waals surface area contributed by atoms with Crippen LogP contribution in [0.15, 0.2) is 42.5 Å². The van der Waals surface area contributed by atoms with Gasteiger partial charge in [0.05, 0.1) is 0 Å². The Balaban J connectivity index is 1.75. The van der Waals surface area contributed by atoms with Gasteiger partial charge in [-0.1, -0.05) is 29.8 Å². The first-order valence-electron chi connectivity index (χ1n) is 6.24. The van der Waals surface area contributed by atoms with E-state index in [0.717, 1.165) is 16.8 Å². The molecule has 7 heteroatoms. The predicted octanol–water partition coefficient (Wildman–Crippen LogP) is 3.27. The fourth-order valence-electron chi connectivity index (χ4n) is 1.91. The molecule has 0 fully saturated rings. The third kappa shape index (κ3) is 3.17. The molecule has 0 unspecified atom stereocenters. The highest BCUT2D eigenvalue weighted by Crippen LogP contribution is 2.21. The fourth-order valence-corrected chi connectivity index (χ4v) is 2.15. The first-order chi connectivity index (χ1) is 10.2. The third-order valence-corrected chi connectivity index (χ3v) is 3.32. The summed E-state index contributed by atoms with van der Waals surface area (Å²) in [5.41, 5.74) is 2.56. The average molecular weight is 304 g/mol. The lowest BCUT2D eigenvalue weighted by Gasteiger charge is -2.09. The molecule has 2 aromatic carbocycles. The van der Waals surface area contributed by atoms with Crippen molar-refractivity contribution in [3.8, 4) is 11.4 Å². The maximum Gasteiger partial charge on any atom is 0.204 e. The Kier molecular flexibility index (Phi) is 3.79. The quantitative estimate of drug-likeness (QED) is 0.776. The van der Waals surface area contributed by atoms with E-state index in [9.17, 15) is 4.39 Å². The minimum Gasteiger partial charge on any atom is -0.381 e. The van der Waals surface area contributed by atoms with E-state index < -0.39 is 0 Å². The molecule has 0 radical (unpaired) electrons. The van der Waals surface area contributed by atoms with E-state index in [1.165, 1.54) is 12.1 Å². The maximum atomic E-state index is 13.0. The number of aromatic nitrogens is 4. The molecule has 0 spiro atoms. The molecule has 0 saturated heterocycles. The third-order valence-electron chi connectivity index (χ3n) is 2.96. The van der Waals surface area contributed by atoms with Gasteiger partial charge in [-0.05, 0) is 35.0 Å². The highest BCUT2D eigenvalue weighted by atomic mass is 35.5. The lowest BCUT2D eigenvalue weighted by atomic mass is 10.1. The fraction of sp³-hybridized carbons (Fsp3) is 0.0714. The first-order valence-corrected chi connectivity index (χ1v) is 6.62. The van der Waals surface area contributed by atoms with Gasteiger partial charge in [0.15, 0.2) is 0 Å². The van der Waals surface area contributed by atoms with E-state index in [1.54, 1.807) is 6.07 Å². The Morgan fingerprint density at radius 2 is 2.10 bits per heavy atom. The predicted molar refractivity (Wildman–Crippen MR) is 78.4 cm³/mol. The van der Waals surface area contributed by atoms with Gasteiger partial charge in [0, 0.05) is 22.8 Å². The Morgan fingerprint density at radius 1 is 1.19 bits per heavy atom. The van der Waals surface area contributed by atoms with Crippen LogP contribution in [0.1, 0.15) is 5.56 Å². The summed E-state index contributed by atoms with van der Waals surface area (Å²) in [7, 11) is 0. The Morgan fingerprint density at radius 3 is 2.86 bits per heavy atom. The minimum absolute atomic E-state index is 0.345. The van der Waals surface area contributed by atoms with E-state index >= 15 is 0 Å². The number of rotatable bonds is 4. The van der Waals surface area contributed by atoms with E-state index in [4.69, 9.17) is 11.6 Å². The largest absolute Gasteiger partial charge is 0.381 e. The molecule has 3 rings (SSSR count). The van der Waals surface area contributed by atoms with Crippen molar-refractivity contribution in [2.24, 2.45) is 0 Å². The smallest absolute Gasteiger partial charge is 0.204 e. The molecule has 3 aromatic rings. The van der Waals surface area contributed by atoms with Crippen LogP contribution >= 0.6 is 11.6 Å². The molecule has 5 nitrogen and oxygen atoms in total. The molecule has 0 bridgehead atoms. The van der Waals surface area contributed by atoms with Crippen molar-refractivity contribution in [2.45, 2.75) is 6.54 Å². The number of hydrogen-bond donors (Lipinski definition) is 2. The molecule has 0 saturated carbocycles. The number of nitrogens with one attached hydrogen (secondary N) is 2. The summed E-state index contributed by atoms with van der Waals surface area (Å²) in [5, 5.41) is 17.4. The summed E-state index contributed by atoms with van der Waals surface area (Å²) in [4.78, 5) is 0. The van der Waals surface area contributed by atoms with Gasteiger partial charge >= 0.3 is 0 Å². The summed E-state index contributed by atoms with van der Waals surface area (Å²) in [6.07, 6.45) is 0.